The molecule has 20 heavy (non-hydrogen) atoms. The van der Waals surface area contributed by atoms with Crippen LogP contribution < -0.4 is 5.73 Å². The zero-order valence-corrected chi connectivity index (χ0v) is 13.3. The maximum absolute atomic E-state index is 12.8. The molecule has 2 rings (SSSR count). The monoisotopic (exact) mass is 296 g/mol. The predicted octanol–water partition coefficient (Wildman–Crippen LogP) is 2.78. The molecule has 0 heterocycles. The number of anilines is 1. The zero-order chi connectivity index (χ0) is 14.9. The van der Waals surface area contributed by atoms with E-state index < -0.39 is 10.0 Å². The van der Waals surface area contributed by atoms with E-state index in [1.54, 1.807) is 22.5 Å². The number of nitrogen functional groups attached to an aromatic ring is 1. The van der Waals surface area contributed by atoms with Gasteiger partial charge in [0.25, 0.3) is 0 Å². The molecule has 4 nitrogen and oxygen atoms in total. The summed E-state index contributed by atoms with van der Waals surface area (Å²) in [5.41, 5.74) is 7.24. The number of rotatable bonds is 6. The third kappa shape index (κ3) is 3.33. The van der Waals surface area contributed by atoms with Crippen LogP contribution in [0.25, 0.3) is 0 Å². The highest BCUT2D eigenvalue weighted by Crippen LogP contribution is 2.34. The highest BCUT2D eigenvalue weighted by molar-refractivity contribution is 7.89. The molecule has 5 heteroatoms. The molecule has 0 aliphatic heterocycles. The van der Waals surface area contributed by atoms with E-state index in [2.05, 4.69) is 13.8 Å². The first-order valence-electron chi connectivity index (χ1n) is 7.20. The Kier molecular flexibility index (Phi) is 4.39. The molecule has 0 radical (unpaired) electrons. The van der Waals surface area contributed by atoms with Gasteiger partial charge in [-0.05, 0) is 49.8 Å². The van der Waals surface area contributed by atoms with Gasteiger partial charge in [0, 0.05) is 12.6 Å². The van der Waals surface area contributed by atoms with Gasteiger partial charge in [0.2, 0.25) is 10.0 Å². The molecule has 0 spiro atoms. The summed E-state index contributed by atoms with van der Waals surface area (Å²) >= 11 is 0. The summed E-state index contributed by atoms with van der Waals surface area (Å²) in [6, 6.07) is 5.32. The Morgan fingerprint density at radius 1 is 1.35 bits per heavy atom. The topological polar surface area (TPSA) is 63.4 Å². The summed E-state index contributed by atoms with van der Waals surface area (Å²) < 4.78 is 27.3. The van der Waals surface area contributed by atoms with Crippen molar-refractivity contribution in [2.24, 2.45) is 5.92 Å². The number of nitrogens with zero attached hydrogens (tertiary/aromatic N) is 1. The summed E-state index contributed by atoms with van der Waals surface area (Å²) in [4.78, 5) is 0.249. The molecule has 0 aromatic heterocycles. The minimum absolute atomic E-state index is 0.166. The summed E-state index contributed by atoms with van der Waals surface area (Å²) in [6.07, 6.45) is 2.80. The van der Waals surface area contributed by atoms with Gasteiger partial charge in [-0.15, -0.1) is 0 Å². The van der Waals surface area contributed by atoms with Crippen molar-refractivity contribution < 1.29 is 8.42 Å². The lowest BCUT2D eigenvalue weighted by Gasteiger charge is -2.23. The Morgan fingerprint density at radius 2 is 2.00 bits per heavy atom. The fraction of sp³-hybridized carbons (Fsp3) is 0.600. The van der Waals surface area contributed by atoms with Gasteiger partial charge in [0.1, 0.15) is 4.90 Å². The van der Waals surface area contributed by atoms with E-state index in [0.717, 1.165) is 24.8 Å². The van der Waals surface area contributed by atoms with E-state index in [4.69, 9.17) is 5.73 Å². The van der Waals surface area contributed by atoms with E-state index in [1.807, 2.05) is 6.92 Å². The normalized spacial score (nSPS) is 16.1. The largest absolute Gasteiger partial charge is 0.398 e. The average molecular weight is 296 g/mol. The first-order valence-corrected chi connectivity index (χ1v) is 8.64. The Bertz CT molecular complexity index is 578. The van der Waals surface area contributed by atoms with Crippen molar-refractivity contribution in [2.45, 2.75) is 51.0 Å². The molecule has 1 aromatic rings. The van der Waals surface area contributed by atoms with Gasteiger partial charge < -0.3 is 5.73 Å². The van der Waals surface area contributed by atoms with Crippen LogP contribution in [0.1, 0.15) is 38.7 Å². The molecule has 1 saturated carbocycles. The molecule has 0 atom stereocenters. The Labute approximate surface area is 122 Å². The van der Waals surface area contributed by atoms with Crippen LogP contribution >= 0.6 is 0 Å². The van der Waals surface area contributed by atoms with E-state index in [-0.39, 0.29) is 10.9 Å². The minimum atomic E-state index is -3.47. The van der Waals surface area contributed by atoms with Crippen LogP contribution in [-0.4, -0.2) is 25.3 Å². The molecule has 0 saturated heterocycles. The number of hydrogen-bond acceptors (Lipinski definition) is 3. The van der Waals surface area contributed by atoms with E-state index in [9.17, 15) is 8.42 Å². The van der Waals surface area contributed by atoms with Crippen LogP contribution in [0, 0.1) is 12.8 Å². The quantitative estimate of drug-likeness (QED) is 0.821. The molecule has 1 aromatic carbocycles. The Balaban J connectivity index is 2.30. The minimum Gasteiger partial charge on any atom is -0.398 e. The molecular weight excluding hydrogens is 272 g/mol. The number of nitrogens with two attached hydrogens (primary N) is 1. The molecular formula is C15H24N2O2S. The number of hydrogen-bond donors (Lipinski definition) is 1. The van der Waals surface area contributed by atoms with Crippen molar-refractivity contribution in [3.63, 3.8) is 0 Å². The summed E-state index contributed by atoms with van der Waals surface area (Å²) in [5.74, 6) is 0.488. The molecule has 1 aliphatic rings. The van der Waals surface area contributed by atoms with E-state index >= 15 is 0 Å². The second-order valence-electron chi connectivity index (χ2n) is 6.07. The van der Waals surface area contributed by atoms with Crippen molar-refractivity contribution in [3.05, 3.63) is 23.8 Å². The maximum atomic E-state index is 12.8. The first kappa shape index (κ1) is 15.3. The van der Waals surface area contributed by atoms with Gasteiger partial charge in [-0.25, -0.2) is 8.42 Å². The second-order valence-corrected chi connectivity index (χ2v) is 7.93. The first-order chi connectivity index (χ1) is 9.32. The molecule has 1 fully saturated rings. The lowest BCUT2D eigenvalue weighted by Crippen LogP contribution is -2.35. The van der Waals surface area contributed by atoms with Crippen LogP contribution in [0.5, 0.6) is 0 Å². The van der Waals surface area contributed by atoms with Crippen LogP contribution in [0.4, 0.5) is 5.69 Å². The Morgan fingerprint density at radius 3 is 2.50 bits per heavy atom. The van der Waals surface area contributed by atoms with Crippen molar-refractivity contribution in [2.75, 3.05) is 12.3 Å². The average Bonchev–Trinajstić information content (AvgIpc) is 3.12. The van der Waals surface area contributed by atoms with E-state index in [0.29, 0.717) is 18.2 Å². The lowest BCUT2D eigenvalue weighted by molar-refractivity contribution is 0.373. The second kappa shape index (κ2) is 5.74. The van der Waals surface area contributed by atoms with Gasteiger partial charge in [-0.2, -0.15) is 4.31 Å². The fourth-order valence-corrected chi connectivity index (χ4v) is 4.07. The van der Waals surface area contributed by atoms with Crippen molar-refractivity contribution in [1.82, 2.24) is 4.31 Å². The summed E-state index contributed by atoms with van der Waals surface area (Å²) in [6.45, 7) is 6.71. The predicted molar refractivity (Wildman–Crippen MR) is 82.0 cm³/mol. The van der Waals surface area contributed by atoms with Crippen molar-refractivity contribution >= 4 is 15.7 Å². The SMILES string of the molecule is Cc1ccc(S(=O)(=O)N(CCC(C)C)C2CC2)c(N)c1. The third-order valence-electron chi connectivity index (χ3n) is 3.63. The Hall–Kier alpha value is -1.07. The number of benzene rings is 1. The van der Waals surface area contributed by atoms with Gasteiger partial charge >= 0.3 is 0 Å². The molecule has 1 aliphatic carbocycles. The van der Waals surface area contributed by atoms with Gasteiger partial charge in [0.15, 0.2) is 0 Å². The van der Waals surface area contributed by atoms with E-state index in [1.165, 1.54) is 0 Å². The lowest BCUT2D eigenvalue weighted by atomic mass is 10.1. The number of sulfonamides is 1. The highest BCUT2D eigenvalue weighted by atomic mass is 32.2. The third-order valence-corrected chi connectivity index (χ3v) is 5.66. The van der Waals surface area contributed by atoms with Crippen molar-refractivity contribution in [3.8, 4) is 0 Å². The summed E-state index contributed by atoms with van der Waals surface area (Å²) in [7, 11) is -3.47. The van der Waals surface area contributed by atoms with Crippen LogP contribution in [0.15, 0.2) is 23.1 Å². The molecule has 0 amide bonds. The maximum Gasteiger partial charge on any atom is 0.245 e. The van der Waals surface area contributed by atoms with Gasteiger partial charge in [0.05, 0.1) is 5.69 Å². The summed E-state index contributed by atoms with van der Waals surface area (Å²) in [5, 5.41) is 0. The molecule has 2 N–H and O–H groups in total. The number of aryl methyl sites for hydroxylation is 1. The molecule has 0 unspecified atom stereocenters. The smallest absolute Gasteiger partial charge is 0.245 e. The molecule has 112 valence electrons. The van der Waals surface area contributed by atoms with Crippen LogP contribution in [0.2, 0.25) is 0 Å². The van der Waals surface area contributed by atoms with Gasteiger partial charge in [-0.3, -0.25) is 0 Å². The highest BCUT2D eigenvalue weighted by Gasteiger charge is 2.38. The fourth-order valence-electron chi connectivity index (χ4n) is 2.28. The van der Waals surface area contributed by atoms with Crippen molar-refractivity contribution in [1.29, 1.82) is 0 Å². The standard InChI is InChI=1S/C15H24N2O2S/c1-11(2)8-9-17(13-5-6-13)20(18,19)15-7-4-12(3)10-14(15)16/h4,7,10-11,13H,5-6,8-9,16H2,1-3H3. The zero-order valence-electron chi connectivity index (χ0n) is 12.5. The van der Waals surface area contributed by atoms with Crippen LogP contribution in [0.3, 0.4) is 0 Å². The van der Waals surface area contributed by atoms with Crippen LogP contribution in [-0.2, 0) is 10.0 Å². The molecule has 0 bridgehead atoms. The van der Waals surface area contributed by atoms with Gasteiger partial charge in [-0.1, -0.05) is 19.9 Å².